The highest BCUT2D eigenvalue weighted by Crippen LogP contribution is 2.43. The maximum Gasteiger partial charge on any atom is 0.196 e. The van der Waals surface area contributed by atoms with Gasteiger partial charge in [-0.3, -0.25) is 15.5 Å². The Morgan fingerprint density at radius 1 is 0.974 bits per heavy atom. The van der Waals surface area contributed by atoms with Gasteiger partial charge in [-0.1, -0.05) is 60.7 Å². The van der Waals surface area contributed by atoms with Gasteiger partial charge in [0.05, 0.1) is 19.9 Å². The van der Waals surface area contributed by atoms with Gasteiger partial charge >= 0.3 is 0 Å². The number of Topliss-reactive ketones (excluding diaryl/α,β-unsaturated/α-hetero) is 1. The molecule has 0 aliphatic carbocycles. The van der Waals surface area contributed by atoms with Crippen LogP contribution in [0.5, 0.6) is 11.5 Å². The summed E-state index contributed by atoms with van der Waals surface area (Å²) in [7, 11) is 3.17. The molecule has 3 aromatic rings. The average molecular weight is 536 g/mol. The third-order valence-electron chi connectivity index (χ3n) is 7.15. The van der Waals surface area contributed by atoms with Crippen molar-refractivity contribution in [2.45, 2.75) is 18.0 Å². The van der Waals surface area contributed by atoms with Crippen LogP contribution in [0.2, 0.25) is 0 Å². The Kier molecular flexibility index (Phi) is 8.69. The molecule has 1 fully saturated rings. The minimum absolute atomic E-state index is 0. The molecule has 1 saturated heterocycles. The summed E-state index contributed by atoms with van der Waals surface area (Å²) in [6, 6.07) is 23.8. The van der Waals surface area contributed by atoms with Crippen LogP contribution in [-0.2, 0) is 10.5 Å². The van der Waals surface area contributed by atoms with Crippen LogP contribution in [0.25, 0.3) is 0 Å². The highest BCUT2D eigenvalue weighted by atomic mass is 35.5. The molecule has 3 aromatic carbocycles. The molecule has 0 radical (unpaired) electrons. The number of halogens is 1. The van der Waals surface area contributed by atoms with Gasteiger partial charge in [0.15, 0.2) is 22.9 Å². The summed E-state index contributed by atoms with van der Waals surface area (Å²) < 4.78 is 11.2. The molecule has 38 heavy (non-hydrogen) atoms. The van der Waals surface area contributed by atoms with Gasteiger partial charge in [0.1, 0.15) is 6.34 Å². The first-order valence-electron chi connectivity index (χ1n) is 12.5. The first-order valence-corrected chi connectivity index (χ1v) is 12.5. The van der Waals surface area contributed by atoms with Crippen LogP contribution in [-0.4, -0.2) is 57.5 Å². The van der Waals surface area contributed by atoms with Crippen LogP contribution in [0.4, 0.5) is 5.69 Å². The lowest BCUT2D eigenvalue weighted by atomic mass is 9.82. The van der Waals surface area contributed by atoms with Crippen LogP contribution in [0, 0.1) is 0 Å². The Morgan fingerprint density at radius 2 is 1.53 bits per heavy atom. The number of nitrogens with one attached hydrogen (secondary N) is 1. The number of carbonyl (C=O) groups is 1. The number of ketones is 1. The SMILES string of the molecule is COc1cc2c(cc1OC)C(N)(C(=O)CC(c1ccccc1)c1ccccc1)N=CN2N1CCNCC1.Cl. The predicted octanol–water partition coefficient (Wildman–Crippen LogP) is 3.70. The van der Waals surface area contributed by atoms with Crippen LogP contribution in [0.1, 0.15) is 29.0 Å². The first kappa shape index (κ1) is 27.6. The molecule has 0 saturated carbocycles. The number of carbonyl (C=O) groups excluding carboxylic acids is 1. The van der Waals surface area contributed by atoms with E-state index in [2.05, 4.69) is 10.3 Å². The number of benzene rings is 3. The number of rotatable bonds is 8. The maximum atomic E-state index is 14.1. The second-order valence-electron chi connectivity index (χ2n) is 9.28. The molecular formula is C29H34ClN5O3. The fourth-order valence-corrected chi connectivity index (χ4v) is 5.10. The Bertz CT molecular complexity index is 1230. The molecule has 200 valence electrons. The van der Waals surface area contributed by atoms with E-state index in [4.69, 9.17) is 20.2 Å². The second-order valence-corrected chi connectivity index (χ2v) is 9.28. The van der Waals surface area contributed by atoms with E-state index in [9.17, 15) is 4.79 Å². The van der Waals surface area contributed by atoms with Crippen molar-refractivity contribution < 1.29 is 14.3 Å². The van der Waals surface area contributed by atoms with Gasteiger partial charge in [-0.15, -0.1) is 12.4 Å². The van der Waals surface area contributed by atoms with Crippen molar-refractivity contribution in [3.8, 4) is 11.5 Å². The lowest BCUT2D eigenvalue weighted by Gasteiger charge is -2.42. The molecular weight excluding hydrogens is 502 g/mol. The molecule has 1 atom stereocenters. The smallest absolute Gasteiger partial charge is 0.196 e. The van der Waals surface area contributed by atoms with Crippen LogP contribution in [0.3, 0.4) is 0 Å². The van der Waals surface area contributed by atoms with Crippen LogP contribution >= 0.6 is 12.4 Å². The summed E-state index contributed by atoms with van der Waals surface area (Å²) in [5, 5.41) is 7.53. The van der Waals surface area contributed by atoms with Crippen molar-refractivity contribution in [3.05, 3.63) is 89.5 Å². The highest BCUT2D eigenvalue weighted by molar-refractivity contribution is 5.98. The Balaban J connectivity index is 0.00000336. The molecule has 0 aromatic heterocycles. The van der Waals surface area contributed by atoms with Gasteiger partial charge < -0.3 is 14.8 Å². The topological polar surface area (TPSA) is 92.4 Å². The number of fused-ring (bicyclic) bond motifs is 1. The average Bonchev–Trinajstić information content (AvgIpc) is 2.96. The van der Waals surface area contributed by atoms with Crippen molar-refractivity contribution in [2.75, 3.05) is 45.4 Å². The molecule has 5 rings (SSSR count). The summed E-state index contributed by atoms with van der Waals surface area (Å²) in [6.07, 6.45) is 1.88. The number of methoxy groups -OCH3 is 2. The zero-order chi connectivity index (χ0) is 25.8. The Labute approximate surface area is 229 Å². The zero-order valence-corrected chi connectivity index (χ0v) is 22.5. The van der Waals surface area contributed by atoms with Gasteiger partial charge in [0.25, 0.3) is 0 Å². The summed E-state index contributed by atoms with van der Waals surface area (Å²) in [4.78, 5) is 18.8. The summed E-state index contributed by atoms with van der Waals surface area (Å²) in [5.74, 6) is 0.747. The molecule has 0 bridgehead atoms. The highest BCUT2D eigenvalue weighted by Gasteiger charge is 2.43. The van der Waals surface area contributed by atoms with E-state index in [0.29, 0.717) is 17.1 Å². The van der Waals surface area contributed by atoms with Crippen molar-refractivity contribution in [1.82, 2.24) is 10.3 Å². The number of hydrazine groups is 1. The van der Waals surface area contributed by atoms with Gasteiger partial charge in [-0.2, -0.15) is 0 Å². The number of ether oxygens (including phenoxy) is 2. The van der Waals surface area contributed by atoms with Gasteiger partial charge in [0, 0.05) is 50.1 Å². The molecule has 2 aliphatic rings. The van der Waals surface area contributed by atoms with Crippen molar-refractivity contribution >= 4 is 30.2 Å². The number of anilines is 1. The monoisotopic (exact) mass is 535 g/mol. The van der Waals surface area contributed by atoms with E-state index in [1.165, 1.54) is 0 Å². The van der Waals surface area contributed by atoms with Gasteiger partial charge in [0.2, 0.25) is 0 Å². The second kappa shape index (κ2) is 12.0. The summed E-state index contributed by atoms with van der Waals surface area (Å²) >= 11 is 0. The van der Waals surface area contributed by atoms with E-state index in [-0.39, 0.29) is 30.5 Å². The minimum atomic E-state index is -1.57. The Hall–Kier alpha value is -3.43. The van der Waals surface area contributed by atoms with Crippen molar-refractivity contribution in [2.24, 2.45) is 10.7 Å². The third kappa shape index (κ3) is 5.26. The van der Waals surface area contributed by atoms with E-state index >= 15 is 0 Å². The first-order chi connectivity index (χ1) is 18.0. The molecule has 1 unspecified atom stereocenters. The zero-order valence-electron chi connectivity index (χ0n) is 21.7. The number of nitrogens with two attached hydrogens (primary N) is 1. The largest absolute Gasteiger partial charge is 0.493 e. The van der Waals surface area contributed by atoms with E-state index in [1.54, 1.807) is 26.6 Å². The molecule has 9 heteroatoms. The van der Waals surface area contributed by atoms with Crippen molar-refractivity contribution in [1.29, 1.82) is 0 Å². The normalized spacial score (nSPS) is 19.0. The molecule has 2 heterocycles. The minimum Gasteiger partial charge on any atom is -0.493 e. The Morgan fingerprint density at radius 3 is 2.08 bits per heavy atom. The van der Waals surface area contributed by atoms with E-state index < -0.39 is 5.66 Å². The fraction of sp³-hybridized carbons (Fsp3) is 0.310. The number of piperazine rings is 1. The lowest BCUT2D eigenvalue weighted by molar-refractivity contribution is -0.124. The molecule has 0 amide bonds. The fourth-order valence-electron chi connectivity index (χ4n) is 5.10. The predicted molar refractivity (Wildman–Crippen MR) is 152 cm³/mol. The van der Waals surface area contributed by atoms with Crippen LogP contribution in [0.15, 0.2) is 77.8 Å². The molecule has 3 N–H and O–H groups in total. The standard InChI is InChI=1S/C29H33N5O3.ClH/c1-36-26-18-24-25(19-27(26)37-2)34(33-15-13-31-14-16-33)20-32-29(24,30)28(35)17-23(21-9-5-3-6-10-21)22-11-7-4-8-12-22;/h3-12,18-20,23,31H,13-17,30H2,1-2H3;1H. The number of nitrogens with zero attached hydrogens (tertiary/aromatic N) is 3. The maximum absolute atomic E-state index is 14.1. The summed E-state index contributed by atoms with van der Waals surface area (Å²) in [5.41, 5.74) is 8.83. The number of aliphatic imine (C=N–C) groups is 1. The molecule has 0 spiro atoms. The van der Waals surface area contributed by atoms with E-state index in [0.717, 1.165) is 43.0 Å². The van der Waals surface area contributed by atoms with Gasteiger partial charge in [-0.25, -0.2) is 10.0 Å². The van der Waals surface area contributed by atoms with Gasteiger partial charge in [-0.05, 0) is 17.2 Å². The third-order valence-corrected chi connectivity index (χ3v) is 7.15. The molecule has 2 aliphatic heterocycles. The summed E-state index contributed by atoms with van der Waals surface area (Å²) in [6.45, 7) is 3.32. The number of hydrogen-bond acceptors (Lipinski definition) is 8. The quantitative estimate of drug-likeness (QED) is 0.454. The lowest BCUT2D eigenvalue weighted by Crippen LogP contribution is -2.56. The number of hydrogen-bond donors (Lipinski definition) is 2. The van der Waals surface area contributed by atoms with Crippen molar-refractivity contribution in [3.63, 3.8) is 0 Å². The van der Waals surface area contributed by atoms with E-state index in [1.807, 2.05) is 71.7 Å². The molecule has 8 nitrogen and oxygen atoms in total. The van der Waals surface area contributed by atoms with Crippen LogP contribution < -0.4 is 25.5 Å².